The van der Waals surface area contributed by atoms with Crippen molar-refractivity contribution in [3.05, 3.63) is 51.7 Å². The molecule has 1 atom stereocenters. The van der Waals surface area contributed by atoms with E-state index in [1.165, 1.54) is 11.3 Å². The zero-order valence-corrected chi connectivity index (χ0v) is 14.0. The van der Waals surface area contributed by atoms with Gasteiger partial charge in [0.1, 0.15) is 11.0 Å². The molecule has 1 aromatic carbocycles. The van der Waals surface area contributed by atoms with Gasteiger partial charge < -0.3 is 10.6 Å². The van der Waals surface area contributed by atoms with Crippen LogP contribution in [0, 0.1) is 0 Å². The lowest BCUT2D eigenvalue weighted by Gasteiger charge is -2.12. The number of para-hydroxylation sites is 1. The summed E-state index contributed by atoms with van der Waals surface area (Å²) in [6, 6.07) is 10.8. The highest BCUT2D eigenvalue weighted by Crippen LogP contribution is 2.21. The molecule has 0 aliphatic carbocycles. The Bertz CT molecular complexity index is 794. The lowest BCUT2D eigenvalue weighted by molar-refractivity contribution is -0.122. The Labute approximate surface area is 141 Å². The molecule has 0 fully saturated rings. The summed E-state index contributed by atoms with van der Waals surface area (Å²) in [5.41, 5.74) is 0.931. The number of rotatable bonds is 5. The second-order valence-corrected chi connectivity index (χ2v) is 7.03. The summed E-state index contributed by atoms with van der Waals surface area (Å²) in [6.07, 6.45) is 0. The number of thiophene rings is 1. The number of carbonyl (C=O) groups excluding carboxylic acids is 2. The number of nitrogens with one attached hydrogen (secondary N) is 2. The summed E-state index contributed by atoms with van der Waals surface area (Å²) in [5.74, 6) is -0.461. The predicted molar refractivity (Wildman–Crippen MR) is 92.7 cm³/mol. The molecule has 7 heteroatoms. The standard InChI is InChI=1S/C16H15N3O2S2/c1-10(18-16(21)13-7-4-8-22-13)15(20)17-9-14-19-11-5-2-3-6-12(11)23-14/h2-8,10H,9H2,1H3,(H,17,20)(H,18,21). The van der Waals surface area contributed by atoms with Crippen LogP contribution in [0.3, 0.4) is 0 Å². The van der Waals surface area contributed by atoms with Gasteiger partial charge in [0, 0.05) is 0 Å². The van der Waals surface area contributed by atoms with E-state index in [0.717, 1.165) is 15.2 Å². The van der Waals surface area contributed by atoms with E-state index in [2.05, 4.69) is 15.6 Å². The van der Waals surface area contributed by atoms with Gasteiger partial charge in [-0.3, -0.25) is 9.59 Å². The van der Waals surface area contributed by atoms with Crippen molar-refractivity contribution in [3.63, 3.8) is 0 Å². The summed E-state index contributed by atoms with van der Waals surface area (Å²) in [6.45, 7) is 2.02. The number of hydrogen-bond donors (Lipinski definition) is 2. The molecule has 0 bridgehead atoms. The van der Waals surface area contributed by atoms with E-state index >= 15 is 0 Å². The highest BCUT2D eigenvalue weighted by Gasteiger charge is 2.17. The largest absolute Gasteiger partial charge is 0.348 e. The van der Waals surface area contributed by atoms with Crippen molar-refractivity contribution in [3.8, 4) is 0 Å². The normalized spacial score (nSPS) is 12.0. The first-order valence-electron chi connectivity index (χ1n) is 7.10. The molecule has 0 saturated carbocycles. The molecule has 3 rings (SSSR count). The van der Waals surface area contributed by atoms with Gasteiger partial charge in [-0.25, -0.2) is 4.98 Å². The molecule has 1 unspecified atom stereocenters. The van der Waals surface area contributed by atoms with Gasteiger partial charge in [0.05, 0.1) is 21.6 Å². The highest BCUT2D eigenvalue weighted by molar-refractivity contribution is 7.18. The van der Waals surface area contributed by atoms with E-state index in [-0.39, 0.29) is 11.8 Å². The molecule has 3 aromatic rings. The number of benzene rings is 1. The van der Waals surface area contributed by atoms with Crippen LogP contribution in [0.1, 0.15) is 21.6 Å². The van der Waals surface area contributed by atoms with Gasteiger partial charge in [-0.2, -0.15) is 0 Å². The smallest absolute Gasteiger partial charge is 0.261 e. The van der Waals surface area contributed by atoms with Gasteiger partial charge in [-0.1, -0.05) is 18.2 Å². The van der Waals surface area contributed by atoms with Crippen molar-refractivity contribution in [2.45, 2.75) is 19.5 Å². The molecule has 0 radical (unpaired) electrons. The fraction of sp³-hybridized carbons (Fsp3) is 0.188. The van der Waals surface area contributed by atoms with Crippen molar-refractivity contribution < 1.29 is 9.59 Å². The van der Waals surface area contributed by atoms with Crippen LogP contribution >= 0.6 is 22.7 Å². The molecule has 2 aromatic heterocycles. The van der Waals surface area contributed by atoms with E-state index in [4.69, 9.17) is 0 Å². The first-order chi connectivity index (χ1) is 11.1. The molecule has 23 heavy (non-hydrogen) atoms. The fourth-order valence-electron chi connectivity index (χ4n) is 2.05. The van der Waals surface area contributed by atoms with E-state index in [9.17, 15) is 9.59 Å². The molecule has 2 N–H and O–H groups in total. The van der Waals surface area contributed by atoms with Crippen LogP contribution in [0.5, 0.6) is 0 Å². The van der Waals surface area contributed by atoms with Crippen LogP contribution in [0.15, 0.2) is 41.8 Å². The van der Waals surface area contributed by atoms with Gasteiger partial charge in [0.25, 0.3) is 5.91 Å². The Morgan fingerprint density at radius 1 is 1.22 bits per heavy atom. The first kappa shape index (κ1) is 15.6. The molecule has 0 saturated heterocycles. The number of amides is 2. The van der Waals surface area contributed by atoms with Crippen molar-refractivity contribution in [1.82, 2.24) is 15.6 Å². The average molecular weight is 345 g/mol. The highest BCUT2D eigenvalue weighted by atomic mass is 32.1. The van der Waals surface area contributed by atoms with Crippen molar-refractivity contribution >= 4 is 44.7 Å². The number of aromatic nitrogens is 1. The zero-order valence-electron chi connectivity index (χ0n) is 12.4. The molecular weight excluding hydrogens is 330 g/mol. The van der Waals surface area contributed by atoms with E-state index < -0.39 is 6.04 Å². The Hall–Kier alpha value is -2.25. The zero-order chi connectivity index (χ0) is 16.2. The molecule has 118 valence electrons. The number of carbonyl (C=O) groups is 2. The topological polar surface area (TPSA) is 71.1 Å². The third-order valence-electron chi connectivity index (χ3n) is 3.24. The quantitative estimate of drug-likeness (QED) is 0.747. The average Bonchev–Trinajstić information content (AvgIpc) is 3.21. The third-order valence-corrected chi connectivity index (χ3v) is 5.14. The van der Waals surface area contributed by atoms with Gasteiger partial charge in [-0.15, -0.1) is 22.7 Å². The van der Waals surface area contributed by atoms with Crippen LogP contribution < -0.4 is 10.6 Å². The van der Waals surface area contributed by atoms with Gasteiger partial charge in [-0.05, 0) is 30.5 Å². The van der Waals surface area contributed by atoms with E-state index in [1.807, 2.05) is 29.6 Å². The minimum atomic E-state index is -0.598. The van der Waals surface area contributed by atoms with Crippen molar-refractivity contribution in [2.75, 3.05) is 0 Å². The first-order valence-corrected chi connectivity index (χ1v) is 8.79. The maximum Gasteiger partial charge on any atom is 0.261 e. The monoisotopic (exact) mass is 345 g/mol. The second kappa shape index (κ2) is 6.89. The number of fused-ring (bicyclic) bond motifs is 1. The van der Waals surface area contributed by atoms with Crippen LogP contribution in [0.25, 0.3) is 10.2 Å². The van der Waals surface area contributed by atoms with Crippen LogP contribution in [0.2, 0.25) is 0 Å². The second-order valence-electron chi connectivity index (χ2n) is 4.97. The molecular formula is C16H15N3O2S2. The van der Waals surface area contributed by atoms with E-state index in [0.29, 0.717) is 11.4 Å². The number of thiazole rings is 1. The van der Waals surface area contributed by atoms with Crippen LogP contribution in [-0.4, -0.2) is 22.8 Å². The van der Waals surface area contributed by atoms with Gasteiger partial charge >= 0.3 is 0 Å². The van der Waals surface area contributed by atoms with Gasteiger partial charge in [0.2, 0.25) is 5.91 Å². The Balaban J connectivity index is 1.55. The van der Waals surface area contributed by atoms with Crippen molar-refractivity contribution in [1.29, 1.82) is 0 Å². The maximum absolute atomic E-state index is 12.1. The summed E-state index contributed by atoms with van der Waals surface area (Å²) < 4.78 is 1.09. The maximum atomic E-state index is 12.1. The summed E-state index contributed by atoms with van der Waals surface area (Å²) in [5, 5.41) is 8.17. The molecule has 2 amide bonds. The number of nitrogens with zero attached hydrogens (tertiary/aromatic N) is 1. The minimum Gasteiger partial charge on any atom is -0.348 e. The molecule has 2 heterocycles. The number of hydrogen-bond acceptors (Lipinski definition) is 5. The lowest BCUT2D eigenvalue weighted by Crippen LogP contribution is -2.44. The summed E-state index contributed by atoms with van der Waals surface area (Å²) in [7, 11) is 0. The SMILES string of the molecule is CC(NC(=O)c1cccs1)C(=O)NCc1nc2ccccc2s1. The Morgan fingerprint density at radius 2 is 2.04 bits per heavy atom. The molecule has 5 nitrogen and oxygen atoms in total. The molecule has 0 aliphatic heterocycles. The summed E-state index contributed by atoms with van der Waals surface area (Å²) >= 11 is 2.90. The van der Waals surface area contributed by atoms with Gasteiger partial charge in [0.15, 0.2) is 0 Å². The lowest BCUT2D eigenvalue weighted by atomic mass is 10.3. The summed E-state index contributed by atoms with van der Waals surface area (Å²) in [4.78, 5) is 29.1. The minimum absolute atomic E-state index is 0.228. The predicted octanol–water partition coefficient (Wildman–Crippen LogP) is 2.79. The Kier molecular flexibility index (Phi) is 4.68. The van der Waals surface area contributed by atoms with Crippen molar-refractivity contribution in [2.24, 2.45) is 0 Å². The van der Waals surface area contributed by atoms with E-state index in [1.54, 1.807) is 30.4 Å². The fourth-order valence-corrected chi connectivity index (χ4v) is 3.59. The molecule has 0 aliphatic rings. The van der Waals surface area contributed by atoms with Crippen LogP contribution in [-0.2, 0) is 11.3 Å². The molecule has 0 spiro atoms. The van der Waals surface area contributed by atoms with Crippen LogP contribution in [0.4, 0.5) is 0 Å². The third kappa shape index (κ3) is 3.75. The Morgan fingerprint density at radius 3 is 2.78 bits per heavy atom.